The summed E-state index contributed by atoms with van der Waals surface area (Å²) < 4.78 is 4.85. The van der Waals surface area contributed by atoms with E-state index in [9.17, 15) is 9.59 Å². The molecule has 1 amide bonds. The second kappa shape index (κ2) is 8.95. The van der Waals surface area contributed by atoms with Crippen LogP contribution in [-0.4, -0.2) is 50.3 Å². The summed E-state index contributed by atoms with van der Waals surface area (Å²) in [6.07, 6.45) is 0.981. The average molecular weight is 246 g/mol. The van der Waals surface area contributed by atoms with Crippen LogP contribution in [0.4, 0.5) is 0 Å². The highest BCUT2D eigenvalue weighted by molar-refractivity contribution is 5.84. The number of nitrogens with one attached hydrogen (secondary N) is 2. The van der Waals surface area contributed by atoms with Gasteiger partial charge in [-0.2, -0.15) is 0 Å². The van der Waals surface area contributed by atoms with Crippen molar-refractivity contribution in [3.63, 3.8) is 0 Å². The molecule has 6 heteroatoms. The molecule has 0 aliphatic carbocycles. The summed E-state index contributed by atoms with van der Waals surface area (Å²) in [5.74, 6) is -1.50. The van der Waals surface area contributed by atoms with Crippen LogP contribution in [0.3, 0.4) is 0 Å². The quantitative estimate of drug-likeness (QED) is 0.492. The van der Waals surface area contributed by atoms with Crippen LogP contribution < -0.4 is 10.6 Å². The third kappa shape index (κ3) is 6.91. The third-order valence-electron chi connectivity index (χ3n) is 2.41. The maximum atomic E-state index is 11.6. The number of hydrogen-bond donors (Lipinski definition) is 3. The van der Waals surface area contributed by atoms with Gasteiger partial charge in [-0.1, -0.05) is 6.92 Å². The molecular formula is C11H22N2O4. The average Bonchev–Trinajstić information content (AvgIpc) is 2.27. The van der Waals surface area contributed by atoms with Crippen LogP contribution in [0.5, 0.6) is 0 Å². The van der Waals surface area contributed by atoms with Gasteiger partial charge in [0.15, 0.2) is 0 Å². The van der Waals surface area contributed by atoms with E-state index >= 15 is 0 Å². The first-order chi connectivity index (χ1) is 8.02. The number of carboxylic acids is 1. The monoisotopic (exact) mass is 246 g/mol. The number of carbonyl (C=O) groups excluding carboxylic acids is 1. The lowest BCUT2D eigenvalue weighted by Gasteiger charge is -2.17. The fourth-order valence-corrected chi connectivity index (χ4v) is 1.40. The van der Waals surface area contributed by atoms with Crippen molar-refractivity contribution >= 4 is 11.9 Å². The van der Waals surface area contributed by atoms with Gasteiger partial charge in [-0.25, -0.2) is 4.79 Å². The number of ether oxygens (including phenoxy) is 1. The van der Waals surface area contributed by atoms with Crippen molar-refractivity contribution in [3.05, 3.63) is 0 Å². The zero-order valence-electron chi connectivity index (χ0n) is 10.7. The largest absolute Gasteiger partial charge is 0.480 e. The van der Waals surface area contributed by atoms with E-state index in [1.54, 1.807) is 21.1 Å². The van der Waals surface area contributed by atoms with E-state index in [0.29, 0.717) is 26.0 Å². The van der Waals surface area contributed by atoms with E-state index in [1.165, 1.54) is 0 Å². The normalized spacial score (nSPS) is 14.1. The minimum absolute atomic E-state index is 0.246. The molecule has 0 bridgehead atoms. The van der Waals surface area contributed by atoms with Crippen molar-refractivity contribution in [2.24, 2.45) is 5.92 Å². The second-order valence-corrected chi connectivity index (χ2v) is 3.99. The van der Waals surface area contributed by atoms with Crippen LogP contribution in [0, 0.1) is 5.92 Å². The Hall–Kier alpha value is -1.14. The summed E-state index contributed by atoms with van der Waals surface area (Å²) in [6.45, 7) is 2.77. The van der Waals surface area contributed by atoms with E-state index in [1.807, 2.05) is 0 Å². The van der Waals surface area contributed by atoms with Crippen LogP contribution >= 0.6 is 0 Å². The lowest BCUT2D eigenvalue weighted by Crippen LogP contribution is -2.44. The molecule has 100 valence electrons. The van der Waals surface area contributed by atoms with E-state index in [0.717, 1.165) is 0 Å². The number of amides is 1. The van der Waals surface area contributed by atoms with Crippen LogP contribution in [0.1, 0.15) is 19.8 Å². The molecule has 0 aliphatic rings. The van der Waals surface area contributed by atoms with E-state index in [2.05, 4.69) is 10.6 Å². The van der Waals surface area contributed by atoms with Gasteiger partial charge < -0.3 is 20.5 Å². The third-order valence-corrected chi connectivity index (χ3v) is 2.41. The molecule has 0 saturated heterocycles. The topological polar surface area (TPSA) is 87.7 Å². The fraction of sp³-hybridized carbons (Fsp3) is 0.818. The number of hydrogen-bond acceptors (Lipinski definition) is 4. The summed E-state index contributed by atoms with van der Waals surface area (Å²) in [5, 5.41) is 14.4. The second-order valence-electron chi connectivity index (χ2n) is 3.99. The number of carboxylic acid groups (broad SMARTS) is 1. The van der Waals surface area contributed by atoms with Gasteiger partial charge in [-0.05, 0) is 19.9 Å². The maximum absolute atomic E-state index is 11.6. The molecule has 17 heavy (non-hydrogen) atoms. The van der Waals surface area contributed by atoms with Gasteiger partial charge in [0, 0.05) is 26.2 Å². The van der Waals surface area contributed by atoms with Gasteiger partial charge in [0.1, 0.15) is 6.04 Å². The minimum atomic E-state index is -1.01. The van der Waals surface area contributed by atoms with E-state index in [-0.39, 0.29) is 11.8 Å². The SMILES string of the molecule is CNCC(C)C(=O)NC(CCCOC)C(=O)O. The summed E-state index contributed by atoms with van der Waals surface area (Å²) in [4.78, 5) is 22.6. The fourth-order valence-electron chi connectivity index (χ4n) is 1.40. The van der Waals surface area contributed by atoms with Gasteiger partial charge in [-0.3, -0.25) is 4.79 Å². The van der Waals surface area contributed by atoms with Crippen molar-refractivity contribution in [2.75, 3.05) is 27.3 Å². The van der Waals surface area contributed by atoms with Crippen molar-refractivity contribution < 1.29 is 19.4 Å². The van der Waals surface area contributed by atoms with Crippen LogP contribution in [-0.2, 0) is 14.3 Å². The summed E-state index contributed by atoms with van der Waals surface area (Å²) in [7, 11) is 3.31. The van der Waals surface area contributed by atoms with Crippen LogP contribution in [0.2, 0.25) is 0 Å². The molecule has 0 fully saturated rings. The van der Waals surface area contributed by atoms with Crippen LogP contribution in [0.25, 0.3) is 0 Å². The molecule has 6 nitrogen and oxygen atoms in total. The zero-order valence-corrected chi connectivity index (χ0v) is 10.7. The highest BCUT2D eigenvalue weighted by atomic mass is 16.5. The van der Waals surface area contributed by atoms with Gasteiger partial charge in [0.2, 0.25) is 5.91 Å². The maximum Gasteiger partial charge on any atom is 0.326 e. The van der Waals surface area contributed by atoms with E-state index in [4.69, 9.17) is 9.84 Å². The minimum Gasteiger partial charge on any atom is -0.480 e. The Labute approximate surface area is 102 Å². The Morgan fingerprint density at radius 1 is 1.41 bits per heavy atom. The molecule has 0 rings (SSSR count). The smallest absolute Gasteiger partial charge is 0.326 e. The molecule has 0 aliphatic heterocycles. The molecule has 0 aromatic carbocycles. The predicted molar refractivity (Wildman–Crippen MR) is 63.8 cm³/mol. The molecule has 2 atom stereocenters. The Balaban J connectivity index is 4.15. The molecule has 0 aromatic rings. The lowest BCUT2D eigenvalue weighted by molar-refractivity contribution is -0.142. The van der Waals surface area contributed by atoms with Crippen molar-refractivity contribution in [3.8, 4) is 0 Å². The molecule has 0 aromatic heterocycles. The summed E-state index contributed by atoms with van der Waals surface area (Å²) in [5.41, 5.74) is 0. The first-order valence-electron chi connectivity index (χ1n) is 5.69. The zero-order chi connectivity index (χ0) is 13.3. The highest BCUT2D eigenvalue weighted by Gasteiger charge is 2.22. The first-order valence-corrected chi connectivity index (χ1v) is 5.69. The van der Waals surface area contributed by atoms with E-state index < -0.39 is 12.0 Å². The number of carbonyl (C=O) groups is 2. The summed E-state index contributed by atoms with van der Waals surface area (Å²) >= 11 is 0. The van der Waals surface area contributed by atoms with Gasteiger partial charge in [0.05, 0.1) is 0 Å². The number of rotatable bonds is 9. The van der Waals surface area contributed by atoms with Crippen molar-refractivity contribution in [1.82, 2.24) is 10.6 Å². The van der Waals surface area contributed by atoms with Crippen molar-refractivity contribution in [2.45, 2.75) is 25.8 Å². The Morgan fingerprint density at radius 3 is 2.53 bits per heavy atom. The molecule has 2 unspecified atom stereocenters. The van der Waals surface area contributed by atoms with Gasteiger partial charge in [-0.15, -0.1) is 0 Å². The Morgan fingerprint density at radius 2 is 2.06 bits per heavy atom. The molecule has 0 radical (unpaired) electrons. The Kier molecular flexibility index (Phi) is 8.35. The summed E-state index contributed by atoms with van der Waals surface area (Å²) in [6, 6.07) is -0.836. The molecule has 0 saturated carbocycles. The highest BCUT2D eigenvalue weighted by Crippen LogP contribution is 2.01. The van der Waals surface area contributed by atoms with Gasteiger partial charge >= 0.3 is 5.97 Å². The molecule has 0 heterocycles. The van der Waals surface area contributed by atoms with Gasteiger partial charge in [0.25, 0.3) is 0 Å². The Bertz CT molecular complexity index is 246. The lowest BCUT2D eigenvalue weighted by atomic mass is 10.1. The van der Waals surface area contributed by atoms with Crippen LogP contribution in [0.15, 0.2) is 0 Å². The number of aliphatic carboxylic acids is 1. The predicted octanol–water partition coefficient (Wildman–Crippen LogP) is -0.162. The molecule has 3 N–H and O–H groups in total. The molecular weight excluding hydrogens is 224 g/mol. The van der Waals surface area contributed by atoms with Crippen molar-refractivity contribution in [1.29, 1.82) is 0 Å². The molecule has 0 spiro atoms. The number of methoxy groups -OCH3 is 1. The standard InChI is InChI=1S/C11H22N2O4/c1-8(7-12-2)10(14)13-9(11(15)16)5-4-6-17-3/h8-9,12H,4-7H2,1-3H3,(H,13,14)(H,15,16). The first kappa shape index (κ1) is 15.9.